The molecule has 0 fully saturated rings. The summed E-state index contributed by atoms with van der Waals surface area (Å²) in [7, 11) is 0. The number of pyridine rings is 1. The van der Waals surface area contributed by atoms with Gasteiger partial charge in [-0.1, -0.05) is 18.2 Å². The fourth-order valence-electron chi connectivity index (χ4n) is 3.05. The maximum absolute atomic E-state index is 14.8. The van der Waals surface area contributed by atoms with E-state index in [2.05, 4.69) is 10.3 Å². The largest absolute Gasteiger partial charge is 0.388 e. The summed E-state index contributed by atoms with van der Waals surface area (Å²) < 4.78 is 20.3. The lowest BCUT2D eigenvalue weighted by Crippen LogP contribution is -2.25. The zero-order valence-corrected chi connectivity index (χ0v) is 19.8. The highest BCUT2D eigenvalue weighted by atomic mass is 32.1. The minimum Gasteiger partial charge on any atom is -0.388 e. The molecule has 0 aliphatic rings. The lowest BCUT2D eigenvalue weighted by Gasteiger charge is -2.18. The number of nitrogens with zero attached hydrogens (tertiary/aromatic N) is 1. The number of carbonyl (C=O) groups excluding carboxylic acids is 1. The van der Waals surface area contributed by atoms with Crippen LogP contribution in [-0.4, -0.2) is 33.3 Å². The summed E-state index contributed by atoms with van der Waals surface area (Å²) in [5.74, 6) is -0.700. The molecule has 176 valence electrons. The second kappa shape index (κ2) is 9.56. The number of hydrogen-bond acceptors (Lipinski definition) is 7. The summed E-state index contributed by atoms with van der Waals surface area (Å²) >= 11 is 1.17. The number of aliphatic hydroxyl groups is 2. The number of ether oxygens (including phenoxy) is 1. The van der Waals surface area contributed by atoms with Crippen LogP contribution >= 0.6 is 11.3 Å². The van der Waals surface area contributed by atoms with E-state index in [4.69, 9.17) is 10.5 Å². The van der Waals surface area contributed by atoms with Crippen molar-refractivity contribution in [2.24, 2.45) is 5.73 Å². The number of aromatic nitrogens is 1. The van der Waals surface area contributed by atoms with E-state index in [1.54, 1.807) is 58.0 Å². The Balaban J connectivity index is 1.85. The molecule has 1 amide bonds. The first kappa shape index (κ1) is 24.8. The van der Waals surface area contributed by atoms with Gasteiger partial charge in [0.2, 0.25) is 0 Å². The monoisotopic (exact) mass is 473 g/mol. The SMILES string of the molecule is CC(C)(O)COCc1cccc(Nc2sc(-c3ccc(C(C)(C)O)cc3F)cc2C(N)=O)n1. The van der Waals surface area contributed by atoms with E-state index in [-0.39, 0.29) is 18.8 Å². The number of nitrogens with one attached hydrogen (secondary N) is 1. The number of halogens is 1. The van der Waals surface area contributed by atoms with E-state index >= 15 is 0 Å². The third kappa shape index (κ3) is 6.58. The zero-order valence-electron chi connectivity index (χ0n) is 19.0. The molecule has 5 N–H and O–H groups in total. The third-order valence-corrected chi connectivity index (χ3v) is 5.78. The molecule has 7 nitrogen and oxygen atoms in total. The van der Waals surface area contributed by atoms with Crippen molar-refractivity contribution in [3.8, 4) is 10.4 Å². The van der Waals surface area contributed by atoms with Gasteiger partial charge in [0.1, 0.15) is 16.6 Å². The maximum Gasteiger partial charge on any atom is 0.251 e. The molecule has 0 unspecified atom stereocenters. The predicted molar refractivity (Wildman–Crippen MR) is 127 cm³/mol. The average Bonchev–Trinajstić information content (AvgIpc) is 3.10. The lowest BCUT2D eigenvalue weighted by atomic mass is 9.96. The van der Waals surface area contributed by atoms with E-state index in [0.717, 1.165) is 0 Å². The number of thiophene rings is 1. The maximum atomic E-state index is 14.8. The Hall–Kier alpha value is -2.85. The van der Waals surface area contributed by atoms with Gasteiger partial charge in [-0.3, -0.25) is 4.79 Å². The van der Waals surface area contributed by atoms with Gasteiger partial charge in [0, 0.05) is 10.4 Å². The Morgan fingerprint density at radius 1 is 1.18 bits per heavy atom. The molecule has 1 aromatic carbocycles. The summed E-state index contributed by atoms with van der Waals surface area (Å²) in [6, 6.07) is 11.3. The minimum atomic E-state index is -1.17. The van der Waals surface area contributed by atoms with Crippen LogP contribution in [0.2, 0.25) is 0 Å². The summed E-state index contributed by atoms with van der Waals surface area (Å²) in [5.41, 5.74) is 5.03. The predicted octanol–water partition coefficient (Wildman–Crippen LogP) is 4.31. The Morgan fingerprint density at radius 2 is 1.91 bits per heavy atom. The highest BCUT2D eigenvalue weighted by molar-refractivity contribution is 7.19. The molecule has 33 heavy (non-hydrogen) atoms. The van der Waals surface area contributed by atoms with Crippen LogP contribution < -0.4 is 11.1 Å². The van der Waals surface area contributed by atoms with Crippen molar-refractivity contribution < 1.29 is 24.1 Å². The van der Waals surface area contributed by atoms with E-state index in [9.17, 15) is 19.4 Å². The molecular formula is C24H28FN3O4S. The fourth-order valence-corrected chi connectivity index (χ4v) is 4.14. The molecule has 0 bridgehead atoms. The van der Waals surface area contributed by atoms with Crippen molar-refractivity contribution in [3.05, 3.63) is 65.1 Å². The number of primary amides is 1. The van der Waals surface area contributed by atoms with Crippen LogP contribution in [-0.2, 0) is 16.9 Å². The molecule has 2 aromatic heterocycles. The van der Waals surface area contributed by atoms with Crippen molar-refractivity contribution in [1.29, 1.82) is 0 Å². The Kier molecular flexibility index (Phi) is 7.18. The normalized spacial score (nSPS) is 12.1. The summed E-state index contributed by atoms with van der Waals surface area (Å²) in [6.07, 6.45) is 0. The minimum absolute atomic E-state index is 0.157. The van der Waals surface area contributed by atoms with Crippen molar-refractivity contribution in [2.75, 3.05) is 11.9 Å². The highest BCUT2D eigenvalue weighted by Gasteiger charge is 2.21. The van der Waals surface area contributed by atoms with Crippen LogP contribution in [0, 0.1) is 5.82 Å². The van der Waals surface area contributed by atoms with Gasteiger partial charge in [0.15, 0.2) is 0 Å². The molecule has 9 heteroatoms. The van der Waals surface area contributed by atoms with Gasteiger partial charge < -0.3 is 26.0 Å². The number of benzene rings is 1. The van der Waals surface area contributed by atoms with Gasteiger partial charge in [0.25, 0.3) is 5.91 Å². The highest BCUT2D eigenvalue weighted by Crippen LogP contribution is 2.38. The van der Waals surface area contributed by atoms with E-state index < -0.39 is 22.9 Å². The topological polar surface area (TPSA) is 118 Å². The molecule has 0 spiro atoms. The van der Waals surface area contributed by atoms with Gasteiger partial charge in [-0.25, -0.2) is 9.37 Å². The third-order valence-electron chi connectivity index (χ3n) is 4.69. The number of anilines is 2. The molecule has 3 aromatic rings. The van der Waals surface area contributed by atoms with E-state index in [1.165, 1.54) is 23.5 Å². The molecule has 0 aliphatic carbocycles. The van der Waals surface area contributed by atoms with Crippen LogP contribution in [0.3, 0.4) is 0 Å². The molecule has 0 radical (unpaired) electrons. The van der Waals surface area contributed by atoms with Crippen molar-refractivity contribution in [1.82, 2.24) is 4.98 Å². The first-order valence-electron chi connectivity index (χ1n) is 10.3. The molecule has 0 aliphatic heterocycles. The first-order valence-corrected chi connectivity index (χ1v) is 11.1. The van der Waals surface area contributed by atoms with Gasteiger partial charge in [0.05, 0.1) is 35.7 Å². The average molecular weight is 474 g/mol. The van der Waals surface area contributed by atoms with Crippen LogP contribution in [0.25, 0.3) is 10.4 Å². The van der Waals surface area contributed by atoms with Crippen molar-refractivity contribution >= 4 is 28.1 Å². The van der Waals surface area contributed by atoms with Crippen molar-refractivity contribution in [2.45, 2.75) is 45.5 Å². The van der Waals surface area contributed by atoms with E-state index in [0.29, 0.717) is 32.5 Å². The lowest BCUT2D eigenvalue weighted by molar-refractivity contribution is -0.0276. The van der Waals surface area contributed by atoms with Crippen LogP contribution in [0.1, 0.15) is 49.3 Å². The fraction of sp³-hybridized carbons (Fsp3) is 0.333. The zero-order chi connectivity index (χ0) is 24.4. The summed E-state index contributed by atoms with van der Waals surface area (Å²) in [6.45, 7) is 6.83. The molecule has 0 atom stereocenters. The smallest absolute Gasteiger partial charge is 0.251 e. The standard InChI is InChI=1S/C24H28FN3O4S/c1-23(2,30)13-32-12-15-6-5-7-20(27-15)28-22-17(21(26)29)11-19(33-22)16-9-8-14(10-18(16)25)24(3,4)31/h5-11,30-31H,12-13H2,1-4H3,(H2,26,29)(H,27,28). The van der Waals surface area contributed by atoms with Gasteiger partial charge in [-0.2, -0.15) is 0 Å². The van der Waals surface area contributed by atoms with E-state index in [1.807, 2.05) is 0 Å². The Labute approximate surface area is 196 Å². The van der Waals surface area contributed by atoms with Crippen LogP contribution in [0.4, 0.5) is 15.2 Å². The first-order chi connectivity index (χ1) is 15.3. The van der Waals surface area contributed by atoms with Gasteiger partial charge >= 0.3 is 0 Å². The summed E-state index contributed by atoms with van der Waals surface area (Å²) in [4.78, 5) is 17.0. The van der Waals surface area contributed by atoms with Gasteiger partial charge in [-0.05, 0) is 57.5 Å². The molecule has 2 heterocycles. The number of carbonyl (C=O) groups is 1. The number of rotatable bonds is 9. The number of hydrogen-bond donors (Lipinski definition) is 4. The molecule has 3 rings (SSSR count). The number of nitrogens with two attached hydrogens (primary N) is 1. The second-order valence-corrected chi connectivity index (χ2v) is 9.97. The molecule has 0 saturated heterocycles. The van der Waals surface area contributed by atoms with Crippen molar-refractivity contribution in [3.63, 3.8) is 0 Å². The van der Waals surface area contributed by atoms with Gasteiger partial charge in [-0.15, -0.1) is 11.3 Å². The quantitative estimate of drug-likeness (QED) is 0.368. The Bertz CT molecular complexity index is 1150. The number of amides is 1. The second-order valence-electron chi connectivity index (χ2n) is 8.92. The van der Waals surface area contributed by atoms with Crippen LogP contribution in [0.15, 0.2) is 42.5 Å². The molecule has 0 saturated carbocycles. The van der Waals surface area contributed by atoms with Crippen LogP contribution in [0.5, 0.6) is 0 Å². The Morgan fingerprint density at radius 3 is 2.52 bits per heavy atom. The molecular weight excluding hydrogens is 445 g/mol. The summed E-state index contributed by atoms with van der Waals surface area (Å²) in [5, 5.41) is 23.4.